The maximum absolute atomic E-state index is 12.8. The molecule has 0 N–H and O–H groups in total. The van der Waals surface area contributed by atoms with Crippen LogP contribution in [0.1, 0.15) is 175 Å². The first-order valence-electron chi connectivity index (χ1n) is 25.1. The molecule has 0 amide bonds. The van der Waals surface area contributed by atoms with Gasteiger partial charge in [-0.3, -0.25) is 14.4 Å². The SMILES string of the molecule is CC\C=C/C=C\C=C/C=C\C=C\C=C/CCCCCC(=O)OC(COC(=O)CC/C=C\C/C=C\C/C=C\C/C=C\C/C=C\C/C=C\CC)COC(=O)CCCCCCC/C=C\CCCC. The first kappa shape index (κ1) is 60.0. The molecule has 1 atom stereocenters. The minimum absolute atomic E-state index is 0.132. The third kappa shape index (κ3) is 49.9. The first-order valence-corrected chi connectivity index (χ1v) is 25.1. The Hall–Kier alpha value is -4.97. The molecule has 0 aliphatic rings. The van der Waals surface area contributed by atoms with Crippen LogP contribution >= 0.6 is 0 Å². The number of hydrogen-bond donors (Lipinski definition) is 0. The maximum Gasteiger partial charge on any atom is 0.306 e. The molecule has 0 heterocycles. The second-order valence-electron chi connectivity index (χ2n) is 15.8. The highest BCUT2D eigenvalue weighted by Crippen LogP contribution is 2.11. The topological polar surface area (TPSA) is 78.9 Å². The van der Waals surface area contributed by atoms with Gasteiger partial charge in [0.05, 0.1) is 0 Å². The zero-order chi connectivity index (χ0) is 47.2. The molecule has 0 bridgehead atoms. The molecule has 0 saturated heterocycles. The second kappa shape index (κ2) is 51.7. The van der Waals surface area contributed by atoms with Crippen molar-refractivity contribution in [2.45, 2.75) is 181 Å². The summed E-state index contributed by atoms with van der Waals surface area (Å²) in [6.45, 7) is 6.19. The molecule has 6 heteroatoms. The Kier molecular flexibility index (Phi) is 47.7. The van der Waals surface area contributed by atoms with Crippen LogP contribution in [-0.2, 0) is 28.6 Å². The molecule has 0 aliphatic heterocycles. The molecule has 0 saturated carbocycles. The van der Waals surface area contributed by atoms with Gasteiger partial charge in [0, 0.05) is 19.3 Å². The number of allylic oxidation sites excluding steroid dienone is 26. The van der Waals surface area contributed by atoms with Crippen LogP contribution < -0.4 is 0 Å². The number of hydrogen-bond acceptors (Lipinski definition) is 6. The van der Waals surface area contributed by atoms with E-state index in [1.54, 1.807) is 0 Å². The number of esters is 3. The van der Waals surface area contributed by atoms with E-state index >= 15 is 0 Å². The standard InChI is InChI=1S/C59H88O6/c1-4-7-10-13-16-19-22-24-26-28-29-31-32-34-37-40-43-46-49-52-58(61)64-55-56(54-63-57(60)51-48-45-42-39-36-21-18-15-12-9-6-3)65-59(62)53-50-47-44-41-38-35-33-30-27-25-23-20-17-14-11-8-5-2/h7-8,10-11,14-20,23-27,29-31,33-35,37-38,43,46,56H,4-6,9,12-13,21-22,28,32,36,39-42,44-45,47-55H2,1-3H3/b10-7-,11-8-,17-14-,18-15-,19-16-,23-20-,26-24-,27-25-,31-29-,33-30+,37-34-,38-35-,46-43-. The second-order valence-corrected chi connectivity index (χ2v) is 15.8. The van der Waals surface area contributed by atoms with Gasteiger partial charge in [-0.1, -0.05) is 217 Å². The number of carbonyl (C=O) groups is 3. The van der Waals surface area contributed by atoms with Crippen LogP contribution in [0.15, 0.2) is 158 Å². The van der Waals surface area contributed by atoms with E-state index < -0.39 is 6.10 Å². The van der Waals surface area contributed by atoms with E-state index in [-0.39, 0.29) is 44.0 Å². The van der Waals surface area contributed by atoms with E-state index in [1.165, 1.54) is 19.3 Å². The predicted octanol–water partition coefficient (Wildman–Crippen LogP) is 16.6. The Bertz CT molecular complexity index is 1540. The molecule has 0 radical (unpaired) electrons. The largest absolute Gasteiger partial charge is 0.462 e. The fourth-order valence-corrected chi connectivity index (χ4v) is 5.95. The van der Waals surface area contributed by atoms with Gasteiger partial charge in [-0.25, -0.2) is 0 Å². The third-order valence-electron chi connectivity index (χ3n) is 9.67. The Morgan fingerprint density at radius 3 is 1.23 bits per heavy atom. The summed E-state index contributed by atoms with van der Waals surface area (Å²) < 4.78 is 16.6. The number of ether oxygens (including phenoxy) is 3. The summed E-state index contributed by atoms with van der Waals surface area (Å²) in [6.07, 6.45) is 75.2. The highest BCUT2D eigenvalue weighted by Gasteiger charge is 2.19. The van der Waals surface area contributed by atoms with E-state index in [1.807, 2.05) is 72.9 Å². The van der Waals surface area contributed by atoms with Crippen molar-refractivity contribution in [1.82, 2.24) is 0 Å². The molecule has 65 heavy (non-hydrogen) atoms. The van der Waals surface area contributed by atoms with Gasteiger partial charge in [-0.2, -0.15) is 0 Å². The molecule has 0 spiro atoms. The lowest BCUT2D eigenvalue weighted by molar-refractivity contribution is -0.166. The van der Waals surface area contributed by atoms with E-state index in [9.17, 15) is 14.4 Å². The van der Waals surface area contributed by atoms with Crippen molar-refractivity contribution < 1.29 is 28.6 Å². The smallest absolute Gasteiger partial charge is 0.306 e. The summed E-state index contributed by atoms with van der Waals surface area (Å²) in [5.74, 6) is -1.09. The van der Waals surface area contributed by atoms with Crippen LogP contribution in [0.4, 0.5) is 0 Å². The lowest BCUT2D eigenvalue weighted by Gasteiger charge is -2.18. The summed E-state index contributed by atoms with van der Waals surface area (Å²) in [5, 5.41) is 0. The number of carbonyl (C=O) groups excluding carboxylic acids is 3. The highest BCUT2D eigenvalue weighted by molar-refractivity contribution is 5.71. The van der Waals surface area contributed by atoms with E-state index in [0.29, 0.717) is 19.3 Å². The summed E-state index contributed by atoms with van der Waals surface area (Å²) in [6, 6.07) is 0. The molecular formula is C59H88O6. The Balaban J connectivity index is 4.63. The molecule has 1 unspecified atom stereocenters. The Labute approximate surface area is 397 Å². The van der Waals surface area contributed by atoms with Crippen molar-refractivity contribution >= 4 is 17.9 Å². The van der Waals surface area contributed by atoms with Gasteiger partial charge in [-0.05, 0) is 96.3 Å². The quantitative estimate of drug-likeness (QED) is 0.0200. The van der Waals surface area contributed by atoms with Crippen molar-refractivity contribution in [2.75, 3.05) is 13.2 Å². The van der Waals surface area contributed by atoms with Crippen molar-refractivity contribution in [3.8, 4) is 0 Å². The Morgan fingerprint density at radius 2 is 0.708 bits per heavy atom. The summed E-state index contributed by atoms with van der Waals surface area (Å²) >= 11 is 0. The normalized spacial score (nSPS) is 13.5. The molecule has 0 fully saturated rings. The summed E-state index contributed by atoms with van der Waals surface area (Å²) in [7, 11) is 0. The van der Waals surface area contributed by atoms with Crippen molar-refractivity contribution in [3.63, 3.8) is 0 Å². The van der Waals surface area contributed by atoms with Gasteiger partial charge >= 0.3 is 17.9 Å². The van der Waals surface area contributed by atoms with Gasteiger partial charge < -0.3 is 14.2 Å². The average Bonchev–Trinajstić information content (AvgIpc) is 3.30. The van der Waals surface area contributed by atoms with Crippen LogP contribution in [0, 0.1) is 0 Å². The first-order chi connectivity index (χ1) is 32.0. The lowest BCUT2D eigenvalue weighted by Crippen LogP contribution is -2.30. The zero-order valence-corrected chi connectivity index (χ0v) is 40.9. The fraction of sp³-hybridized carbons (Fsp3) is 0.508. The monoisotopic (exact) mass is 893 g/mol. The van der Waals surface area contributed by atoms with Crippen LogP contribution in [0.5, 0.6) is 0 Å². The highest BCUT2D eigenvalue weighted by atomic mass is 16.6. The molecule has 0 aromatic heterocycles. The molecule has 0 rings (SSSR count). The molecule has 0 aromatic rings. The summed E-state index contributed by atoms with van der Waals surface area (Å²) in [5.41, 5.74) is 0. The van der Waals surface area contributed by atoms with Gasteiger partial charge in [0.15, 0.2) is 6.10 Å². The van der Waals surface area contributed by atoms with Crippen LogP contribution in [0.25, 0.3) is 0 Å². The van der Waals surface area contributed by atoms with Crippen LogP contribution in [0.3, 0.4) is 0 Å². The lowest BCUT2D eigenvalue weighted by atomic mass is 10.1. The predicted molar refractivity (Wildman–Crippen MR) is 278 cm³/mol. The molecule has 360 valence electrons. The molecule has 6 nitrogen and oxygen atoms in total. The zero-order valence-electron chi connectivity index (χ0n) is 40.9. The van der Waals surface area contributed by atoms with Gasteiger partial charge in [0.2, 0.25) is 0 Å². The van der Waals surface area contributed by atoms with E-state index in [2.05, 4.69) is 106 Å². The average molecular weight is 893 g/mol. The number of unbranched alkanes of at least 4 members (excludes halogenated alkanes) is 10. The number of rotatable bonds is 42. The minimum atomic E-state index is -0.842. The summed E-state index contributed by atoms with van der Waals surface area (Å²) in [4.78, 5) is 37.9. The molecule has 0 aromatic carbocycles. The van der Waals surface area contributed by atoms with E-state index in [4.69, 9.17) is 14.2 Å². The van der Waals surface area contributed by atoms with Crippen molar-refractivity contribution in [2.24, 2.45) is 0 Å². The molecular weight excluding hydrogens is 805 g/mol. The van der Waals surface area contributed by atoms with Crippen LogP contribution in [0.2, 0.25) is 0 Å². The third-order valence-corrected chi connectivity index (χ3v) is 9.67. The minimum Gasteiger partial charge on any atom is -0.462 e. The van der Waals surface area contributed by atoms with Crippen LogP contribution in [-0.4, -0.2) is 37.2 Å². The van der Waals surface area contributed by atoms with E-state index in [0.717, 1.165) is 103 Å². The molecule has 0 aliphatic carbocycles. The van der Waals surface area contributed by atoms with Crippen molar-refractivity contribution in [3.05, 3.63) is 158 Å². The van der Waals surface area contributed by atoms with Gasteiger partial charge in [0.25, 0.3) is 0 Å². The Morgan fingerprint density at radius 1 is 0.338 bits per heavy atom. The maximum atomic E-state index is 12.8. The van der Waals surface area contributed by atoms with Gasteiger partial charge in [-0.15, -0.1) is 0 Å². The fourth-order valence-electron chi connectivity index (χ4n) is 5.95. The van der Waals surface area contributed by atoms with Gasteiger partial charge in [0.1, 0.15) is 13.2 Å². The van der Waals surface area contributed by atoms with Crippen molar-refractivity contribution in [1.29, 1.82) is 0 Å².